The van der Waals surface area contributed by atoms with Gasteiger partial charge in [-0.15, -0.1) is 0 Å². The minimum atomic E-state index is 0.0401. The first kappa shape index (κ1) is 15.3. The Balaban J connectivity index is 1.68. The Morgan fingerprint density at radius 1 is 1.20 bits per heavy atom. The molecule has 0 radical (unpaired) electrons. The first-order valence-corrected chi connectivity index (χ1v) is 8.36. The van der Waals surface area contributed by atoms with Crippen molar-refractivity contribution in [3.05, 3.63) is 65.7 Å². The third kappa shape index (κ3) is 2.83. The normalized spacial score (nSPS) is 14.8. The molecule has 2 aromatic carbocycles. The monoisotopic (exact) mass is 330 g/mol. The van der Waals surface area contributed by atoms with Crippen LogP contribution >= 0.6 is 0 Å². The van der Waals surface area contributed by atoms with Gasteiger partial charge >= 0.3 is 0 Å². The van der Waals surface area contributed by atoms with Gasteiger partial charge in [0.1, 0.15) is 17.4 Å². The fraction of sp³-hybridized carbons (Fsp3) is 0.200. The van der Waals surface area contributed by atoms with E-state index in [1.807, 2.05) is 36.4 Å². The summed E-state index contributed by atoms with van der Waals surface area (Å²) in [6, 6.07) is 17.9. The number of para-hydroxylation sites is 3. The highest BCUT2D eigenvalue weighted by atomic mass is 16.3. The van der Waals surface area contributed by atoms with Gasteiger partial charge in [-0.3, -0.25) is 0 Å². The molecule has 1 aliphatic heterocycles. The van der Waals surface area contributed by atoms with Gasteiger partial charge in [0.25, 0.3) is 0 Å². The van der Waals surface area contributed by atoms with Crippen LogP contribution in [-0.2, 0) is 6.42 Å². The smallest absolute Gasteiger partial charge is 0.152 e. The van der Waals surface area contributed by atoms with Gasteiger partial charge in [0.2, 0.25) is 0 Å². The first-order valence-electron chi connectivity index (χ1n) is 8.36. The zero-order valence-corrected chi connectivity index (χ0v) is 13.7. The van der Waals surface area contributed by atoms with E-state index in [2.05, 4.69) is 33.1 Å². The highest BCUT2D eigenvalue weighted by Gasteiger charge is 2.20. The number of rotatable bonds is 3. The number of aliphatic hydroxyl groups is 1. The van der Waals surface area contributed by atoms with Crippen LogP contribution in [0.2, 0.25) is 0 Å². The molecule has 0 amide bonds. The molecule has 2 N–H and O–H groups in total. The first-order chi connectivity index (χ1) is 12.3. The summed E-state index contributed by atoms with van der Waals surface area (Å²) in [4.78, 5) is 9.66. The van der Waals surface area contributed by atoms with Crippen LogP contribution in [0.25, 0.3) is 16.6 Å². The highest BCUT2D eigenvalue weighted by molar-refractivity contribution is 5.83. The molecule has 0 atom stereocenters. The quantitative estimate of drug-likeness (QED) is 0.565. The van der Waals surface area contributed by atoms with Crippen molar-refractivity contribution in [2.45, 2.75) is 12.8 Å². The number of benzene rings is 2. The van der Waals surface area contributed by atoms with Gasteiger partial charge in [0.15, 0.2) is 5.82 Å². The van der Waals surface area contributed by atoms with Crippen LogP contribution in [0.3, 0.4) is 0 Å². The number of hydrogen-bond acceptors (Lipinski definition) is 4. The Bertz CT molecular complexity index is 963. The Labute approximate surface area is 145 Å². The summed E-state index contributed by atoms with van der Waals surface area (Å²) in [6.45, 7) is 1.16. The summed E-state index contributed by atoms with van der Waals surface area (Å²) >= 11 is 0. The van der Waals surface area contributed by atoms with Crippen LogP contribution < -0.4 is 4.90 Å². The third-order valence-corrected chi connectivity index (χ3v) is 4.57. The molecular formula is C20H18N4O. The SMILES string of the molecule is N#C/C(=C(/O)CN1CCCc2ccccc21)c1nc2ccccc2[nH]1. The van der Waals surface area contributed by atoms with Gasteiger partial charge in [0, 0.05) is 12.2 Å². The van der Waals surface area contributed by atoms with Crippen LogP contribution in [0.15, 0.2) is 54.3 Å². The molecule has 0 saturated heterocycles. The predicted molar refractivity (Wildman–Crippen MR) is 98.2 cm³/mol. The molecule has 1 aromatic heterocycles. The molecule has 5 heteroatoms. The van der Waals surface area contributed by atoms with Crippen molar-refractivity contribution in [2.75, 3.05) is 18.0 Å². The van der Waals surface area contributed by atoms with Crippen LogP contribution in [0, 0.1) is 11.3 Å². The lowest BCUT2D eigenvalue weighted by Gasteiger charge is -2.31. The standard InChI is InChI=1S/C20H18N4O/c21-12-15(20-22-16-8-2-3-9-17(16)23-20)19(25)13-24-11-5-7-14-6-1-4-10-18(14)24/h1-4,6,8-10,25H,5,7,11,13H2,(H,22,23)/b19-15-. The number of allylic oxidation sites excluding steroid dienone is 1. The molecule has 4 rings (SSSR count). The van der Waals surface area contributed by atoms with Crippen molar-refractivity contribution in [1.82, 2.24) is 9.97 Å². The summed E-state index contributed by atoms with van der Waals surface area (Å²) in [5, 5.41) is 20.2. The Hall–Kier alpha value is -3.26. The van der Waals surface area contributed by atoms with E-state index in [0.29, 0.717) is 12.4 Å². The van der Waals surface area contributed by atoms with E-state index in [1.54, 1.807) is 0 Å². The van der Waals surface area contributed by atoms with Gasteiger partial charge in [-0.25, -0.2) is 4.98 Å². The lowest BCUT2D eigenvalue weighted by Crippen LogP contribution is -2.31. The molecule has 0 fully saturated rings. The van der Waals surface area contributed by atoms with Crippen LogP contribution in [-0.4, -0.2) is 28.2 Å². The molecule has 0 spiro atoms. The zero-order valence-electron chi connectivity index (χ0n) is 13.7. The van der Waals surface area contributed by atoms with E-state index >= 15 is 0 Å². The molecule has 0 saturated carbocycles. The Morgan fingerprint density at radius 2 is 2.00 bits per heavy atom. The second-order valence-corrected chi connectivity index (χ2v) is 6.19. The van der Waals surface area contributed by atoms with Crippen molar-refractivity contribution in [3.8, 4) is 6.07 Å². The number of imidazole rings is 1. The Morgan fingerprint density at radius 3 is 2.84 bits per heavy atom. The van der Waals surface area contributed by atoms with Gasteiger partial charge in [0.05, 0.1) is 17.6 Å². The van der Waals surface area contributed by atoms with Gasteiger partial charge < -0.3 is 15.0 Å². The number of anilines is 1. The number of aromatic amines is 1. The molecule has 1 aliphatic rings. The van der Waals surface area contributed by atoms with E-state index in [0.717, 1.165) is 36.1 Å². The number of H-pyrrole nitrogens is 1. The molecule has 0 bridgehead atoms. The van der Waals surface area contributed by atoms with E-state index in [1.165, 1.54) is 5.56 Å². The maximum atomic E-state index is 10.6. The molecule has 124 valence electrons. The lowest BCUT2D eigenvalue weighted by atomic mass is 10.0. The topological polar surface area (TPSA) is 75.9 Å². The fourth-order valence-corrected chi connectivity index (χ4v) is 3.36. The second kappa shape index (κ2) is 6.33. The number of hydrogen-bond donors (Lipinski definition) is 2. The highest BCUT2D eigenvalue weighted by Crippen LogP contribution is 2.28. The number of nitriles is 1. The molecule has 2 heterocycles. The number of nitrogens with one attached hydrogen (secondary N) is 1. The molecule has 0 unspecified atom stereocenters. The van der Waals surface area contributed by atoms with Crippen molar-refractivity contribution in [2.24, 2.45) is 0 Å². The minimum absolute atomic E-state index is 0.0401. The second-order valence-electron chi connectivity index (χ2n) is 6.19. The van der Waals surface area contributed by atoms with Crippen LogP contribution in [0.4, 0.5) is 5.69 Å². The maximum absolute atomic E-state index is 10.6. The predicted octanol–water partition coefficient (Wildman–Crippen LogP) is 3.81. The van der Waals surface area contributed by atoms with Crippen LogP contribution in [0.1, 0.15) is 17.8 Å². The molecule has 3 aromatic rings. The molecule has 0 aliphatic carbocycles. The maximum Gasteiger partial charge on any atom is 0.152 e. The number of aliphatic hydroxyl groups excluding tert-OH is 1. The number of nitrogens with zero attached hydrogens (tertiary/aromatic N) is 3. The number of fused-ring (bicyclic) bond motifs is 2. The number of aromatic nitrogens is 2. The van der Waals surface area contributed by atoms with Crippen LogP contribution in [0.5, 0.6) is 0 Å². The van der Waals surface area contributed by atoms with Gasteiger partial charge in [-0.05, 0) is 36.6 Å². The van der Waals surface area contributed by atoms with E-state index < -0.39 is 0 Å². The van der Waals surface area contributed by atoms with Crippen molar-refractivity contribution < 1.29 is 5.11 Å². The van der Waals surface area contributed by atoms with Crippen molar-refractivity contribution in [1.29, 1.82) is 5.26 Å². The molecular weight excluding hydrogens is 312 g/mol. The lowest BCUT2D eigenvalue weighted by molar-refractivity contribution is 0.400. The molecule has 25 heavy (non-hydrogen) atoms. The Kier molecular flexibility index (Phi) is 3.87. The summed E-state index contributed by atoms with van der Waals surface area (Å²) in [6.07, 6.45) is 2.09. The van der Waals surface area contributed by atoms with Gasteiger partial charge in [-0.2, -0.15) is 5.26 Å². The summed E-state index contributed by atoms with van der Waals surface area (Å²) in [7, 11) is 0. The van der Waals surface area contributed by atoms with E-state index in [9.17, 15) is 10.4 Å². The van der Waals surface area contributed by atoms with Crippen molar-refractivity contribution in [3.63, 3.8) is 0 Å². The zero-order chi connectivity index (χ0) is 17.2. The summed E-state index contributed by atoms with van der Waals surface area (Å²) in [5.74, 6) is 0.449. The van der Waals surface area contributed by atoms with Gasteiger partial charge in [-0.1, -0.05) is 30.3 Å². The third-order valence-electron chi connectivity index (χ3n) is 4.57. The van der Waals surface area contributed by atoms with E-state index in [4.69, 9.17) is 0 Å². The van der Waals surface area contributed by atoms with Crippen molar-refractivity contribution >= 4 is 22.3 Å². The summed E-state index contributed by atoms with van der Waals surface area (Å²) in [5.41, 5.74) is 4.23. The largest absolute Gasteiger partial charge is 0.509 e. The minimum Gasteiger partial charge on any atom is -0.509 e. The average molecular weight is 330 g/mol. The van der Waals surface area contributed by atoms with E-state index in [-0.39, 0.29) is 11.3 Å². The average Bonchev–Trinajstić information content (AvgIpc) is 3.06. The molecule has 5 nitrogen and oxygen atoms in total. The fourth-order valence-electron chi connectivity index (χ4n) is 3.36. The summed E-state index contributed by atoms with van der Waals surface area (Å²) < 4.78 is 0. The number of aryl methyl sites for hydroxylation is 1.